The normalized spacial score (nSPS) is 10.7. The van der Waals surface area contributed by atoms with E-state index in [1.807, 2.05) is 6.92 Å². The van der Waals surface area contributed by atoms with E-state index in [2.05, 4.69) is 6.58 Å². The third kappa shape index (κ3) is 17.1. The first-order chi connectivity index (χ1) is 35.5. The average molecular weight is 1040 g/mol. The van der Waals surface area contributed by atoms with Crippen LogP contribution in [0, 0.1) is 70.6 Å². The topological polar surface area (TPSA) is 257 Å². The molecule has 0 aliphatic rings. The van der Waals surface area contributed by atoms with Crippen LogP contribution in [0.2, 0.25) is 0 Å². The first kappa shape index (κ1) is 60.4. The molecule has 0 saturated heterocycles. The molecule has 390 valence electrons. The number of ketones is 2. The fourth-order valence-corrected chi connectivity index (χ4v) is 6.71. The summed E-state index contributed by atoms with van der Waals surface area (Å²) in [5.41, 5.74) is 1.49. The number of carbonyl (C=O) groups is 2. The van der Waals surface area contributed by atoms with E-state index < -0.39 is 42.7 Å². The molecule has 1 atom stereocenters. The Balaban J connectivity index is 0.000000256. The van der Waals surface area contributed by atoms with Crippen LogP contribution >= 0.6 is 0 Å². The van der Waals surface area contributed by atoms with Gasteiger partial charge in [-0.2, -0.15) is 0 Å². The van der Waals surface area contributed by atoms with Crippen LogP contribution in [0.4, 0.5) is 40.3 Å². The van der Waals surface area contributed by atoms with Crippen molar-refractivity contribution < 1.29 is 57.4 Å². The maximum atomic E-state index is 12.9. The summed E-state index contributed by atoms with van der Waals surface area (Å²) >= 11 is 0. The van der Waals surface area contributed by atoms with Gasteiger partial charge in [-0.3, -0.25) is 50.0 Å². The Labute approximate surface area is 431 Å². The van der Waals surface area contributed by atoms with Crippen molar-refractivity contribution in [1.82, 2.24) is 0 Å². The Bertz CT molecular complexity index is 3160. The molecule has 8 aromatic carbocycles. The molecule has 0 heterocycles. The molecule has 76 heavy (non-hydrogen) atoms. The fourth-order valence-electron chi connectivity index (χ4n) is 6.71. The summed E-state index contributed by atoms with van der Waals surface area (Å²) in [5, 5.41) is 53.6. The van der Waals surface area contributed by atoms with Crippen molar-refractivity contribution >= 4 is 39.9 Å². The second-order valence-electron chi connectivity index (χ2n) is 15.8. The van der Waals surface area contributed by atoms with Gasteiger partial charge in [-0.15, -0.1) is 0 Å². The van der Waals surface area contributed by atoms with Crippen LogP contribution in [0.25, 0.3) is 5.57 Å². The van der Waals surface area contributed by atoms with Crippen LogP contribution < -0.4 is 0 Å². The zero-order chi connectivity index (χ0) is 55.4. The smallest absolute Gasteiger partial charge is 0.280 e. The standard InChI is InChI=1S/C14H12FNO3.C14H10FNO2.C13H8FNO3.C8H7NO3.C7H7F.H2O/c1-14(17,10-6-8-11(15)9-7-10)12-4-2-3-5-13(12)16(18)19;1-10(11-6-8-12(15)9-7-11)13-4-2-3-5-14(13)16(17)18;14-10-7-5-9(6-8-10)13(16)11-3-1-2-4-12(11)15(17)18;1-6(10)7-4-2-3-5-8(7)9(11)12;1-6-2-4-7(8)5-3-6;/h2-9,17H,1H3;2-9H,1H2;1-8H;2-5H,1H3;2-5H,1H3;1H2/p-1. The largest absolute Gasteiger partial charge is 0.870 e. The minimum atomic E-state index is -1.56. The molecule has 0 bridgehead atoms. The number of aliphatic hydroxyl groups is 1. The van der Waals surface area contributed by atoms with Gasteiger partial charge in [-0.1, -0.05) is 97.1 Å². The number of nitro benzene ring substituents is 4. The summed E-state index contributed by atoms with van der Waals surface area (Å²) < 4.78 is 50.5. The molecule has 8 aromatic rings. The zero-order valence-electron chi connectivity index (χ0n) is 40.5. The van der Waals surface area contributed by atoms with Crippen molar-refractivity contribution in [3.05, 3.63) is 309 Å². The predicted octanol–water partition coefficient (Wildman–Crippen LogP) is 13.5. The van der Waals surface area contributed by atoms with Gasteiger partial charge in [0.25, 0.3) is 22.7 Å². The molecule has 16 nitrogen and oxygen atoms in total. The van der Waals surface area contributed by atoms with E-state index in [4.69, 9.17) is 0 Å². The molecule has 0 radical (unpaired) electrons. The lowest BCUT2D eigenvalue weighted by Crippen LogP contribution is -2.24. The van der Waals surface area contributed by atoms with Crippen molar-refractivity contribution in [3.63, 3.8) is 0 Å². The Morgan fingerprint density at radius 1 is 0.461 bits per heavy atom. The highest BCUT2D eigenvalue weighted by Crippen LogP contribution is 2.35. The molecule has 0 aromatic heterocycles. The quantitative estimate of drug-likeness (QED) is 0.0549. The van der Waals surface area contributed by atoms with Gasteiger partial charge < -0.3 is 10.6 Å². The van der Waals surface area contributed by atoms with Crippen LogP contribution in [-0.4, -0.2) is 41.8 Å². The molecule has 1 unspecified atom stereocenters. The van der Waals surface area contributed by atoms with Crippen molar-refractivity contribution in [1.29, 1.82) is 0 Å². The molecule has 20 heteroatoms. The van der Waals surface area contributed by atoms with Gasteiger partial charge in [-0.05, 0) is 122 Å². The minimum Gasteiger partial charge on any atom is -0.870 e. The number of hydrogen-bond donors (Lipinski definition) is 1. The van der Waals surface area contributed by atoms with Gasteiger partial charge in [0.1, 0.15) is 34.4 Å². The lowest BCUT2D eigenvalue weighted by Gasteiger charge is -2.24. The summed E-state index contributed by atoms with van der Waals surface area (Å²) in [4.78, 5) is 63.8. The number of rotatable bonds is 11. The van der Waals surface area contributed by atoms with Crippen molar-refractivity contribution in [2.24, 2.45) is 0 Å². The Kier molecular flexibility index (Phi) is 22.5. The van der Waals surface area contributed by atoms with Gasteiger partial charge in [0, 0.05) is 29.8 Å². The fraction of sp³-hybridized carbons (Fsp3) is 0.0714. The van der Waals surface area contributed by atoms with Gasteiger partial charge in [0.15, 0.2) is 11.6 Å². The Morgan fingerprint density at radius 2 is 0.776 bits per heavy atom. The number of benzene rings is 8. The second kappa shape index (κ2) is 28.4. The number of hydrogen-bond acceptors (Lipinski definition) is 12. The number of aryl methyl sites for hydroxylation is 1. The third-order valence-corrected chi connectivity index (χ3v) is 10.6. The molecule has 0 amide bonds. The predicted molar refractivity (Wildman–Crippen MR) is 275 cm³/mol. The van der Waals surface area contributed by atoms with Crippen LogP contribution in [0.1, 0.15) is 67.9 Å². The van der Waals surface area contributed by atoms with Gasteiger partial charge in [0.2, 0.25) is 0 Å². The highest BCUT2D eigenvalue weighted by Gasteiger charge is 2.32. The third-order valence-electron chi connectivity index (χ3n) is 10.6. The van der Waals surface area contributed by atoms with E-state index in [9.17, 15) is 72.7 Å². The highest BCUT2D eigenvalue weighted by molar-refractivity contribution is 6.11. The van der Waals surface area contributed by atoms with E-state index in [0.29, 0.717) is 22.3 Å². The molecule has 8 rings (SSSR count). The van der Waals surface area contributed by atoms with Crippen LogP contribution in [-0.2, 0) is 5.60 Å². The first-order valence-electron chi connectivity index (χ1n) is 21.9. The molecule has 0 fully saturated rings. The summed E-state index contributed by atoms with van der Waals surface area (Å²) in [7, 11) is 0. The number of Topliss-reactive ketones (excluding diaryl/α,β-unsaturated/α-hetero) is 1. The van der Waals surface area contributed by atoms with E-state index in [1.165, 1.54) is 135 Å². The van der Waals surface area contributed by atoms with Crippen LogP contribution in [0.5, 0.6) is 0 Å². The number of carbonyl (C=O) groups excluding carboxylic acids is 2. The van der Waals surface area contributed by atoms with Gasteiger partial charge >= 0.3 is 0 Å². The molecular weight excluding hydrogens is 997 g/mol. The van der Waals surface area contributed by atoms with E-state index in [1.54, 1.807) is 60.7 Å². The van der Waals surface area contributed by atoms with Crippen molar-refractivity contribution in [2.45, 2.75) is 26.4 Å². The van der Waals surface area contributed by atoms with E-state index >= 15 is 0 Å². The molecule has 0 saturated carbocycles. The summed E-state index contributed by atoms with van der Waals surface area (Å²) in [5.74, 6) is -2.20. The highest BCUT2D eigenvalue weighted by atomic mass is 19.1. The number of nitrogens with zero attached hydrogens (tertiary/aromatic N) is 4. The summed E-state index contributed by atoms with van der Waals surface area (Å²) in [6.07, 6.45) is 0. The lowest BCUT2D eigenvalue weighted by atomic mass is 9.87. The molecular formula is C56H45F4N4O12-. The van der Waals surface area contributed by atoms with Crippen LogP contribution in [0.15, 0.2) is 201 Å². The summed E-state index contributed by atoms with van der Waals surface area (Å²) in [6, 6.07) is 46.1. The van der Waals surface area contributed by atoms with Crippen LogP contribution in [0.3, 0.4) is 0 Å². The molecule has 2 N–H and O–H groups in total. The van der Waals surface area contributed by atoms with Gasteiger partial charge in [0.05, 0.1) is 36.4 Å². The van der Waals surface area contributed by atoms with E-state index in [0.717, 1.165) is 17.7 Å². The lowest BCUT2D eigenvalue weighted by molar-refractivity contribution is -0.386. The molecule has 0 aliphatic carbocycles. The number of para-hydroxylation sites is 4. The van der Waals surface area contributed by atoms with Gasteiger partial charge in [-0.25, -0.2) is 17.6 Å². The first-order valence-corrected chi connectivity index (χ1v) is 21.9. The zero-order valence-corrected chi connectivity index (χ0v) is 40.5. The van der Waals surface area contributed by atoms with E-state index in [-0.39, 0.29) is 67.9 Å². The van der Waals surface area contributed by atoms with Crippen molar-refractivity contribution in [2.75, 3.05) is 0 Å². The SMILES string of the molecule is C=C(c1ccc(F)cc1)c1ccccc1[N+](=O)[O-].CC(=O)c1ccccc1[N+](=O)[O-].CC(O)(c1ccc(F)cc1)c1ccccc1[N+](=O)[O-].Cc1ccc(F)cc1.O=C(c1ccc(F)cc1)c1ccccc1[N+](=O)[O-].[OH-]. The average Bonchev–Trinajstić information content (AvgIpc) is 3.40. The summed E-state index contributed by atoms with van der Waals surface area (Å²) in [6.45, 7) is 8.53. The molecule has 0 spiro atoms. The Hall–Kier alpha value is -9.92. The molecule has 0 aliphatic heterocycles. The minimum absolute atomic E-state index is 0. The maximum Gasteiger partial charge on any atom is 0.280 e. The maximum absolute atomic E-state index is 12.9. The second-order valence-corrected chi connectivity index (χ2v) is 15.8. The van der Waals surface area contributed by atoms with Crippen molar-refractivity contribution in [3.8, 4) is 0 Å². The number of nitro groups is 4. The Morgan fingerprint density at radius 3 is 1.17 bits per heavy atom. The number of halogens is 4. The monoisotopic (exact) mass is 1040 g/mol.